The number of rotatable bonds is 6. The van der Waals surface area contributed by atoms with Crippen molar-refractivity contribution in [1.29, 1.82) is 0 Å². The molecule has 0 bridgehead atoms. The molecule has 1 N–H and O–H groups in total. The molecule has 0 saturated heterocycles. The maximum absolute atomic E-state index is 5.68. The van der Waals surface area contributed by atoms with Crippen molar-refractivity contribution in [2.75, 3.05) is 13.7 Å². The maximum atomic E-state index is 5.68. The smallest absolute Gasteiger partial charge is 0.0816 e. The van der Waals surface area contributed by atoms with Gasteiger partial charge in [0.15, 0.2) is 0 Å². The fourth-order valence-corrected chi connectivity index (χ4v) is 2.82. The van der Waals surface area contributed by atoms with E-state index in [9.17, 15) is 0 Å². The van der Waals surface area contributed by atoms with Gasteiger partial charge in [-0.3, -0.25) is 0 Å². The van der Waals surface area contributed by atoms with Crippen molar-refractivity contribution in [3.63, 3.8) is 0 Å². The van der Waals surface area contributed by atoms with Crippen molar-refractivity contribution < 1.29 is 4.74 Å². The monoisotopic (exact) mass is 261 g/mol. The van der Waals surface area contributed by atoms with Crippen molar-refractivity contribution in [2.24, 2.45) is 0 Å². The number of hydrogen-bond acceptors (Lipinski definition) is 2. The molecule has 0 amide bonds. The third-order valence-electron chi connectivity index (χ3n) is 4.45. The van der Waals surface area contributed by atoms with Crippen LogP contribution in [0.2, 0.25) is 0 Å². The highest BCUT2D eigenvalue weighted by molar-refractivity contribution is 5.31. The fourth-order valence-electron chi connectivity index (χ4n) is 2.82. The van der Waals surface area contributed by atoms with E-state index in [0.717, 1.165) is 12.5 Å². The van der Waals surface area contributed by atoms with E-state index in [2.05, 4.69) is 50.4 Å². The summed E-state index contributed by atoms with van der Waals surface area (Å²) in [5, 5.41) is 3.57. The summed E-state index contributed by atoms with van der Waals surface area (Å²) in [6, 6.07) is 9.30. The molecule has 0 aliphatic heterocycles. The van der Waals surface area contributed by atoms with E-state index in [0.29, 0.717) is 0 Å². The van der Waals surface area contributed by atoms with Gasteiger partial charge >= 0.3 is 0 Å². The molecule has 2 heteroatoms. The van der Waals surface area contributed by atoms with Crippen LogP contribution in [0.4, 0.5) is 0 Å². The molecule has 2 rings (SSSR count). The molecular weight excluding hydrogens is 234 g/mol. The number of hydrogen-bond donors (Lipinski definition) is 1. The summed E-state index contributed by atoms with van der Waals surface area (Å²) < 4.78 is 5.68. The van der Waals surface area contributed by atoms with Crippen LogP contribution in [0.25, 0.3) is 0 Å². The van der Waals surface area contributed by atoms with Crippen molar-refractivity contribution in [1.82, 2.24) is 5.32 Å². The standard InChI is InChI=1S/C17H27NO/c1-5-18-16(17(2,3)19-4)15-11-7-10-14(12-15)13-8-6-9-13/h7,10-13,16,18H,5-6,8-9H2,1-4H3. The predicted octanol–water partition coefficient (Wildman–Crippen LogP) is 4.03. The molecule has 0 radical (unpaired) electrons. The Morgan fingerprint density at radius 3 is 2.63 bits per heavy atom. The number of benzene rings is 1. The first kappa shape index (κ1) is 14.5. The van der Waals surface area contributed by atoms with Crippen LogP contribution in [0.5, 0.6) is 0 Å². The summed E-state index contributed by atoms with van der Waals surface area (Å²) in [5.41, 5.74) is 2.64. The maximum Gasteiger partial charge on any atom is 0.0816 e. The number of likely N-dealkylation sites (N-methyl/N-ethyl adjacent to an activating group) is 1. The van der Waals surface area contributed by atoms with Gasteiger partial charge < -0.3 is 10.1 Å². The minimum atomic E-state index is -0.200. The normalized spacial score (nSPS) is 18.1. The lowest BCUT2D eigenvalue weighted by molar-refractivity contribution is -0.0107. The van der Waals surface area contributed by atoms with Crippen LogP contribution < -0.4 is 5.32 Å². The van der Waals surface area contributed by atoms with E-state index in [4.69, 9.17) is 4.74 Å². The third-order valence-corrected chi connectivity index (χ3v) is 4.45. The Kier molecular flexibility index (Phi) is 4.64. The van der Waals surface area contributed by atoms with Crippen LogP contribution in [-0.2, 0) is 4.74 Å². The van der Waals surface area contributed by atoms with Gasteiger partial charge in [-0.2, -0.15) is 0 Å². The highest BCUT2D eigenvalue weighted by Crippen LogP contribution is 2.38. The molecule has 1 aromatic carbocycles. The second kappa shape index (κ2) is 6.06. The molecule has 1 aromatic rings. The average molecular weight is 261 g/mol. The minimum absolute atomic E-state index is 0.200. The van der Waals surface area contributed by atoms with Crippen molar-refractivity contribution in [3.8, 4) is 0 Å². The first-order valence-corrected chi connectivity index (χ1v) is 7.47. The molecule has 0 spiro atoms. The van der Waals surface area contributed by atoms with Gasteiger partial charge in [0.05, 0.1) is 11.6 Å². The molecule has 1 unspecified atom stereocenters. The lowest BCUT2D eigenvalue weighted by atomic mass is 9.78. The zero-order chi connectivity index (χ0) is 13.9. The molecule has 1 aliphatic carbocycles. The largest absolute Gasteiger partial charge is 0.377 e. The molecule has 1 fully saturated rings. The Hall–Kier alpha value is -0.860. The van der Waals surface area contributed by atoms with Crippen molar-refractivity contribution in [3.05, 3.63) is 35.4 Å². The summed E-state index contributed by atoms with van der Waals surface area (Å²) in [6.45, 7) is 7.40. The zero-order valence-corrected chi connectivity index (χ0v) is 12.7. The highest BCUT2D eigenvalue weighted by atomic mass is 16.5. The van der Waals surface area contributed by atoms with E-state index in [1.54, 1.807) is 7.11 Å². The SMILES string of the molecule is CCNC(c1cccc(C2CCC2)c1)C(C)(C)OC. The number of methoxy groups -OCH3 is 1. The van der Waals surface area contributed by atoms with Gasteiger partial charge in [0.2, 0.25) is 0 Å². The molecule has 1 atom stereocenters. The Morgan fingerprint density at radius 2 is 2.11 bits per heavy atom. The summed E-state index contributed by atoms with van der Waals surface area (Å²) in [6.07, 6.45) is 4.08. The quantitative estimate of drug-likeness (QED) is 0.834. The number of ether oxygens (including phenoxy) is 1. The Bertz CT molecular complexity index is 409. The van der Waals surface area contributed by atoms with Crippen LogP contribution >= 0.6 is 0 Å². The average Bonchev–Trinajstić information content (AvgIpc) is 2.34. The first-order valence-electron chi connectivity index (χ1n) is 7.47. The van der Waals surface area contributed by atoms with E-state index < -0.39 is 0 Å². The van der Waals surface area contributed by atoms with Gasteiger partial charge in [0.1, 0.15) is 0 Å². The Labute approximate surface area is 117 Å². The highest BCUT2D eigenvalue weighted by Gasteiger charge is 2.30. The Balaban J connectivity index is 2.25. The van der Waals surface area contributed by atoms with Crippen LogP contribution in [0.3, 0.4) is 0 Å². The number of nitrogens with one attached hydrogen (secondary N) is 1. The van der Waals surface area contributed by atoms with Crippen LogP contribution in [0.1, 0.15) is 63.1 Å². The Morgan fingerprint density at radius 1 is 1.37 bits per heavy atom. The van der Waals surface area contributed by atoms with E-state index in [1.165, 1.54) is 30.4 Å². The zero-order valence-electron chi connectivity index (χ0n) is 12.7. The van der Waals surface area contributed by atoms with Gasteiger partial charge in [-0.05, 0) is 50.3 Å². The second-order valence-corrected chi connectivity index (χ2v) is 6.10. The van der Waals surface area contributed by atoms with E-state index in [1.807, 2.05) is 0 Å². The predicted molar refractivity (Wildman–Crippen MR) is 80.5 cm³/mol. The second-order valence-electron chi connectivity index (χ2n) is 6.10. The molecule has 1 aliphatic rings. The van der Waals surface area contributed by atoms with Crippen LogP contribution in [-0.4, -0.2) is 19.3 Å². The minimum Gasteiger partial charge on any atom is -0.377 e. The van der Waals surface area contributed by atoms with E-state index in [-0.39, 0.29) is 11.6 Å². The molecule has 19 heavy (non-hydrogen) atoms. The van der Waals surface area contributed by atoms with Crippen LogP contribution in [0.15, 0.2) is 24.3 Å². The van der Waals surface area contributed by atoms with Crippen molar-refractivity contribution in [2.45, 2.75) is 57.6 Å². The fraction of sp³-hybridized carbons (Fsp3) is 0.647. The van der Waals surface area contributed by atoms with Crippen molar-refractivity contribution >= 4 is 0 Å². The molecular formula is C17H27NO. The van der Waals surface area contributed by atoms with E-state index >= 15 is 0 Å². The van der Waals surface area contributed by atoms with Gasteiger partial charge in [-0.25, -0.2) is 0 Å². The van der Waals surface area contributed by atoms with Gasteiger partial charge in [0.25, 0.3) is 0 Å². The molecule has 2 nitrogen and oxygen atoms in total. The van der Waals surface area contributed by atoms with Crippen LogP contribution in [0, 0.1) is 0 Å². The molecule has 0 heterocycles. The van der Waals surface area contributed by atoms with Gasteiger partial charge in [0, 0.05) is 7.11 Å². The topological polar surface area (TPSA) is 21.3 Å². The third kappa shape index (κ3) is 3.18. The molecule has 106 valence electrons. The lowest BCUT2D eigenvalue weighted by Crippen LogP contribution is -2.40. The van der Waals surface area contributed by atoms with Gasteiger partial charge in [-0.1, -0.05) is 37.6 Å². The molecule has 1 saturated carbocycles. The summed E-state index contributed by atoms with van der Waals surface area (Å²) in [4.78, 5) is 0. The lowest BCUT2D eigenvalue weighted by Gasteiger charge is -2.35. The summed E-state index contributed by atoms with van der Waals surface area (Å²) >= 11 is 0. The summed E-state index contributed by atoms with van der Waals surface area (Å²) in [7, 11) is 1.79. The first-order chi connectivity index (χ1) is 9.08. The molecule has 0 aromatic heterocycles. The summed E-state index contributed by atoms with van der Waals surface area (Å²) in [5.74, 6) is 0.785. The van der Waals surface area contributed by atoms with Gasteiger partial charge in [-0.15, -0.1) is 0 Å².